The van der Waals surface area contributed by atoms with Gasteiger partial charge in [-0.3, -0.25) is 4.98 Å². The number of fused-ring (bicyclic) bond motifs is 1. The average molecular weight is 279 g/mol. The lowest BCUT2D eigenvalue weighted by Crippen LogP contribution is -1.96. The number of pyridine rings is 1. The first kappa shape index (κ1) is 11.7. The fourth-order valence-corrected chi connectivity index (χ4v) is 2.73. The molecule has 98 valence electrons. The van der Waals surface area contributed by atoms with Crippen molar-refractivity contribution >= 4 is 23.1 Å². The minimum absolute atomic E-state index is 0.560. The zero-order valence-corrected chi connectivity index (χ0v) is 11.7. The summed E-state index contributed by atoms with van der Waals surface area (Å²) in [6, 6.07) is 12.1. The van der Waals surface area contributed by atoms with Gasteiger partial charge in [0.15, 0.2) is 0 Å². The molecule has 1 aromatic carbocycles. The van der Waals surface area contributed by atoms with Crippen LogP contribution in [-0.4, -0.2) is 15.0 Å². The van der Waals surface area contributed by atoms with Gasteiger partial charge < -0.3 is 4.98 Å². The van der Waals surface area contributed by atoms with Crippen LogP contribution in [0.3, 0.4) is 0 Å². The SMILES string of the molecule is S=c1cc(-c2cccc3ncccc23)[nH]c(C2CC2)n1. The van der Waals surface area contributed by atoms with Crippen molar-refractivity contribution < 1.29 is 0 Å². The number of benzene rings is 1. The Morgan fingerprint density at radius 3 is 2.90 bits per heavy atom. The lowest BCUT2D eigenvalue weighted by Gasteiger charge is -2.08. The number of aromatic amines is 1. The molecule has 0 spiro atoms. The first-order chi connectivity index (χ1) is 9.81. The minimum atomic E-state index is 0.560. The Morgan fingerprint density at radius 1 is 1.15 bits per heavy atom. The van der Waals surface area contributed by atoms with Gasteiger partial charge in [0, 0.05) is 23.1 Å². The van der Waals surface area contributed by atoms with E-state index in [1.165, 1.54) is 12.8 Å². The number of rotatable bonds is 2. The summed E-state index contributed by atoms with van der Waals surface area (Å²) in [7, 11) is 0. The highest BCUT2D eigenvalue weighted by atomic mass is 32.1. The van der Waals surface area contributed by atoms with Crippen LogP contribution >= 0.6 is 12.2 Å². The van der Waals surface area contributed by atoms with Gasteiger partial charge in [0.2, 0.25) is 0 Å². The molecule has 0 atom stereocenters. The fraction of sp³-hybridized carbons (Fsp3) is 0.188. The average Bonchev–Trinajstić information content (AvgIpc) is 3.30. The van der Waals surface area contributed by atoms with E-state index in [4.69, 9.17) is 12.2 Å². The predicted molar refractivity (Wildman–Crippen MR) is 82.1 cm³/mol. The highest BCUT2D eigenvalue weighted by Gasteiger charge is 2.26. The van der Waals surface area contributed by atoms with E-state index in [1.807, 2.05) is 30.5 Å². The molecule has 3 aromatic rings. The Labute approximate surface area is 121 Å². The fourth-order valence-electron chi connectivity index (χ4n) is 2.51. The largest absolute Gasteiger partial charge is 0.343 e. The quantitative estimate of drug-likeness (QED) is 0.714. The number of H-pyrrole nitrogens is 1. The molecule has 0 bridgehead atoms. The second-order valence-corrected chi connectivity index (χ2v) is 5.59. The van der Waals surface area contributed by atoms with Crippen molar-refractivity contribution in [2.45, 2.75) is 18.8 Å². The Kier molecular flexibility index (Phi) is 2.63. The summed E-state index contributed by atoms with van der Waals surface area (Å²) in [4.78, 5) is 12.3. The summed E-state index contributed by atoms with van der Waals surface area (Å²) in [5.74, 6) is 1.58. The molecule has 0 saturated heterocycles. The van der Waals surface area contributed by atoms with Crippen molar-refractivity contribution in [1.82, 2.24) is 15.0 Å². The zero-order chi connectivity index (χ0) is 13.5. The van der Waals surface area contributed by atoms with Crippen LogP contribution in [0.15, 0.2) is 42.6 Å². The molecule has 2 aromatic heterocycles. The smallest absolute Gasteiger partial charge is 0.130 e. The lowest BCUT2D eigenvalue weighted by molar-refractivity contribution is 0.924. The maximum atomic E-state index is 5.31. The standard InChI is InChI=1S/C16H13N3S/c20-15-9-14(18-16(19-15)10-6-7-10)12-3-1-5-13-11(12)4-2-8-17-13/h1-5,8-10H,6-7H2,(H,18,19,20). The van der Waals surface area contributed by atoms with Gasteiger partial charge in [-0.25, -0.2) is 4.98 Å². The van der Waals surface area contributed by atoms with Crippen LogP contribution in [0.1, 0.15) is 24.6 Å². The van der Waals surface area contributed by atoms with Crippen LogP contribution in [-0.2, 0) is 0 Å². The third kappa shape index (κ3) is 2.02. The van der Waals surface area contributed by atoms with Gasteiger partial charge in [0.05, 0.1) is 11.2 Å². The minimum Gasteiger partial charge on any atom is -0.343 e. The van der Waals surface area contributed by atoms with Gasteiger partial charge in [-0.15, -0.1) is 0 Å². The second-order valence-electron chi connectivity index (χ2n) is 5.17. The second kappa shape index (κ2) is 4.49. The molecule has 1 N–H and O–H groups in total. The molecule has 20 heavy (non-hydrogen) atoms. The Bertz CT molecular complexity index is 844. The van der Waals surface area contributed by atoms with Crippen LogP contribution < -0.4 is 0 Å². The van der Waals surface area contributed by atoms with Gasteiger partial charge in [0.25, 0.3) is 0 Å². The van der Waals surface area contributed by atoms with Crippen LogP contribution in [0.2, 0.25) is 0 Å². The predicted octanol–water partition coefficient (Wildman–Crippen LogP) is 4.23. The Hall–Kier alpha value is -2.07. The molecule has 0 radical (unpaired) electrons. The summed E-state index contributed by atoms with van der Waals surface area (Å²) in [6.07, 6.45) is 4.23. The normalized spacial score (nSPS) is 14.6. The molecule has 1 fully saturated rings. The molecule has 0 amide bonds. The number of aromatic nitrogens is 3. The van der Waals surface area contributed by atoms with Gasteiger partial charge in [0.1, 0.15) is 10.5 Å². The summed E-state index contributed by atoms with van der Waals surface area (Å²) >= 11 is 5.31. The molecule has 0 aliphatic heterocycles. The van der Waals surface area contributed by atoms with E-state index in [2.05, 4.69) is 27.1 Å². The van der Waals surface area contributed by atoms with Gasteiger partial charge in [-0.05, 0) is 31.0 Å². The maximum absolute atomic E-state index is 5.31. The molecule has 1 aliphatic rings. The summed E-state index contributed by atoms with van der Waals surface area (Å²) in [6.45, 7) is 0. The van der Waals surface area contributed by atoms with E-state index in [-0.39, 0.29) is 0 Å². The van der Waals surface area contributed by atoms with E-state index < -0.39 is 0 Å². The van der Waals surface area contributed by atoms with Crippen LogP contribution in [0.4, 0.5) is 0 Å². The Balaban J connectivity index is 1.97. The molecule has 1 saturated carbocycles. The van der Waals surface area contributed by atoms with E-state index >= 15 is 0 Å². The van der Waals surface area contributed by atoms with E-state index in [1.54, 1.807) is 0 Å². The van der Waals surface area contributed by atoms with Crippen molar-refractivity contribution in [2.24, 2.45) is 0 Å². The molecule has 3 nitrogen and oxygen atoms in total. The van der Waals surface area contributed by atoms with E-state index in [9.17, 15) is 0 Å². The highest BCUT2D eigenvalue weighted by molar-refractivity contribution is 7.71. The van der Waals surface area contributed by atoms with Crippen LogP contribution in [0.5, 0.6) is 0 Å². The van der Waals surface area contributed by atoms with Crippen molar-refractivity contribution in [3.05, 3.63) is 53.1 Å². The maximum Gasteiger partial charge on any atom is 0.130 e. The molecule has 0 unspecified atom stereocenters. The number of hydrogen-bond donors (Lipinski definition) is 1. The van der Waals surface area contributed by atoms with Gasteiger partial charge in [-0.1, -0.05) is 30.4 Å². The van der Waals surface area contributed by atoms with Crippen LogP contribution in [0.25, 0.3) is 22.2 Å². The van der Waals surface area contributed by atoms with Gasteiger partial charge in [-0.2, -0.15) is 0 Å². The van der Waals surface area contributed by atoms with Crippen molar-refractivity contribution in [2.75, 3.05) is 0 Å². The molecular weight excluding hydrogens is 266 g/mol. The third-order valence-corrected chi connectivity index (χ3v) is 3.87. The lowest BCUT2D eigenvalue weighted by atomic mass is 10.1. The molecule has 1 aliphatic carbocycles. The van der Waals surface area contributed by atoms with E-state index in [0.29, 0.717) is 10.6 Å². The molecule has 4 rings (SSSR count). The third-order valence-electron chi connectivity index (χ3n) is 3.66. The highest BCUT2D eigenvalue weighted by Crippen LogP contribution is 2.38. The monoisotopic (exact) mass is 279 g/mol. The summed E-state index contributed by atoms with van der Waals surface area (Å²) < 4.78 is 0.654. The summed E-state index contributed by atoms with van der Waals surface area (Å²) in [5, 5.41) is 1.13. The molecule has 2 heterocycles. The van der Waals surface area contributed by atoms with Crippen molar-refractivity contribution in [3.8, 4) is 11.3 Å². The molecular formula is C16H13N3S. The summed E-state index contributed by atoms with van der Waals surface area (Å²) in [5.41, 5.74) is 3.16. The van der Waals surface area contributed by atoms with Crippen molar-refractivity contribution in [3.63, 3.8) is 0 Å². The van der Waals surface area contributed by atoms with Gasteiger partial charge >= 0.3 is 0 Å². The number of nitrogens with zero attached hydrogens (tertiary/aromatic N) is 2. The molecule has 4 heteroatoms. The first-order valence-electron chi connectivity index (χ1n) is 6.77. The number of hydrogen-bond acceptors (Lipinski definition) is 3. The number of nitrogens with one attached hydrogen (secondary N) is 1. The Morgan fingerprint density at radius 2 is 2.05 bits per heavy atom. The first-order valence-corrected chi connectivity index (χ1v) is 7.17. The van der Waals surface area contributed by atoms with E-state index in [0.717, 1.165) is 28.0 Å². The van der Waals surface area contributed by atoms with Crippen molar-refractivity contribution in [1.29, 1.82) is 0 Å². The zero-order valence-electron chi connectivity index (χ0n) is 10.8. The topological polar surface area (TPSA) is 41.6 Å². The van der Waals surface area contributed by atoms with Crippen LogP contribution in [0, 0.1) is 4.64 Å².